The van der Waals surface area contributed by atoms with Crippen LogP contribution in [0, 0.1) is 13.8 Å². The first kappa shape index (κ1) is 10.3. The van der Waals surface area contributed by atoms with Crippen LogP contribution in [-0.2, 0) is 6.54 Å². The van der Waals surface area contributed by atoms with Crippen LogP contribution in [0.1, 0.15) is 49.4 Å². The zero-order chi connectivity index (χ0) is 11.2. The van der Waals surface area contributed by atoms with Crippen molar-refractivity contribution >= 4 is 0 Å². The molecule has 0 aromatic carbocycles. The van der Waals surface area contributed by atoms with Gasteiger partial charge in [-0.3, -0.25) is 4.90 Å². The third-order valence-corrected chi connectivity index (χ3v) is 4.36. The molecule has 3 heteroatoms. The van der Waals surface area contributed by atoms with Crippen molar-refractivity contribution in [3.8, 4) is 0 Å². The summed E-state index contributed by atoms with van der Waals surface area (Å²) < 4.78 is 5.69. The zero-order valence-corrected chi connectivity index (χ0v) is 10.3. The minimum atomic E-state index is 0.535. The fraction of sp³-hybridized carbons (Fsp3) is 0.769. The smallest absolute Gasteiger partial charge is 0.191 e. The quantitative estimate of drug-likeness (QED) is 0.767. The average Bonchev–Trinajstić information content (AvgIpc) is 2.71. The van der Waals surface area contributed by atoms with Crippen molar-refractivity contribution in [2.45, 2.75) is 58.0 Å². The Kier molecular flexibility index (Phi) is 2.32. The van der Waals surface area contributed by atoms with E-state index in [0.29, 0.717) is 5.54 Å². The van der Waals surface area contributed by atoms with E-state index >= 15 is 0 Å². The number of likely N-dealkylation sites (tertiary alicyclic amines) is 1. The lowest BCUT2D eigenvalue weighted by molar-refractivity contribution is 0.0438. The van der Waals surface area contributed by atoms with E-state index in [0.717, 1.165) is 23.9 Å². The molecule has 1 aromatic heterocycles. The lowest BCUT2D eigenvalue weighted by atomic mass is 9.75. The molecule has 1 aliphatic carbocycles. The van der Waals surface area contributed by atoms with Crippen LogP contribution in [0.15, 0.2) is 4.42 Å². The molecule has 0 bridgehead atoms. The van der Waals surface area contributed by atoms with Crippen molar-refractivity contribution in [2.24, 2.45) is 0 Å². The van der Waals surface area contributed by atoms with Crippen LogP contribution in [0.3, 0.4) is 0 Å². The predicted molar refractivity (Wildman–Crippen MR) is 62.2 cm³/mol. The maximum atomic E-state index is 5.69. The second-order valence-electron chi connectivity index (χ2n) is 5.34. The van der Waals surface area contributed by atoms with Crippen LogP contribution in [0.4, 0.5) is 0 Å². The van der Waals surface area contributed by atoms with Gasteiger partial charge in [0, 0.05) is 12.5 Å². The summed E-state index contributed by atoms with van der Waals surface area (Å²) in [5.74, 6) is 1.88. The average molecular weight is 220 g/mol. The van der Waals surface area contributed by atoms with Gasteiger partial charge in [-0.15, -0.1) is 0 Å². The standard InChI is InChI=1S/C13H20N2O/c1-10-12(16-11(2)14-10)9-15-8-4-7-13(15)5-3-6-13/h3-9H2,1-2H3. The second-order valence-corrected chi connectivity index (χ2v) is 5.34. The maximum Gasteiger partial charge on any atom is 0.191 e. The third kappa shape index (κ3) is 1.49. The van der Waals surface area contributed by atoms with Gasteiger partial charge in [-0.25, -0.2) is 4.98 Å². The molecule has 0 atom stereocenters. The molecule has 88 valence electrons. The van der Waals surface area contributed by atoms with Gasteiger partial charge in [0.05, 0.1) is 12.2 Å². The Morgan fingerprint density at radius 2 is 2.00 bits per heavy atom. The fourth-order valence-electron chi connectivity index (χ4n) is 3.29. The monoisotopic (exact) mass is 220 g/mol. The highest BCUT2D eigenvalue weighted by molar-refractivity contribution is 5.10. The molecule has 0 amide bonds. The van der Waals surface area contributed by atoms with Crippen molar-refractivity contribution in [3.05, 3.63) is 17.3 Å². The molecule has 3 rings (SSSR count). The molecule has 1 aliphatic heterocycles. The molecule has 2 heterocycles. The summed E-state index contributed by atoms with van der Waals surface area (Å²) in [7, 11) is 0. The number of oxazole rings is 1. The SMILES string of the molecule is Cc1nc(C)c(CN2CCCC23CCC3)o1. The number of hydrogen-bond acceptors (Lipinski definition) is 3. The van der Waals surface area contributed by atoms with Gasteiger partial charge in [-0.05, 0) is 45.6 Å². The van der Waals surface area contributed by atoms with Crippen LogP contribution < -0.4 is 0 Å². The molecule has 16 heavy (non-hydrogen) atoms. The lowest BCUT2D eigenvalue weighted by Gasteiger charge is -2.45. The van der Waals surface area contributed by atoms with Gasteiger partial charge in [0.1, 0.15) is 5.76 Å². The van der Waals surface area contributed by atoms with Crippen molar-refractivity contribution < 1.29 is 4.42 Å². The Morgan fingerprint density at radius 3 is 2.56 bits per heavy atom. The fourth-order valence-corrected chi connectivity index (χ4v) is 3.29. The summed E-state index contributed by atoms with van der Waals surface area (Å²) >= 11 is 0. The van der Waals surface area contributed by atoms with Crippen LogP contribution in [0.2, 0.25) is 0 Å². The van der Waals surface area contributed by atoms with Crippen LogP contribution in [-0.4, -0.2) is 22.0 Å². The molecule has 2 aliphatic rings. The Hall–Kier alpha value is -0.830. The number of aromatic nitrogens is 1. The first-order chi connectivity index (χ1) is 7.70. The molecular formula is C13H20N2O. The highest BCUT2D eigenvalue weighted by atomic mass is 16.4. The van der Waals surface area contributed by atoms with Gasteiger partial charge >= 0.3 is 0 Å². The minimum absolute atomic E-state index is 0.535. The van der Waals surface area contributed by atoms with Gasteiger partial charge < -0.3 is 4.42 Å². The first-order valence-electron chi connectivity index (χ1n) is 6.38. The molecule has 0 N–H and O–H groups in total. The predicted octanol–water partition coefficient (Wildman–Crippen LogP) is 2.81. The molecule has 3 nitrogen and oxygen atoms in total. The third-order valence-electron chi connectivity index (χ3n) is 4.36. The normalized spacial score (nSPS) is 23.9. The Morgan fingerprint density at radius 1 is 1.25 bits per heavy atom. The molecule has 2 fully saturated rings. The number of rotatable bonds is 2. The summed E-state index contributed by atoms with van der Waals surface area (Å²) in [6.07, 6.45) is 6.93. The second kappa shape index (κ2) is 3.59. The summed E-state index contributed by atoms with van der Waals surface area (Å²) in [6.45, 7) is 6.18. The van der Waals surface area contributed by atoms with E-state index in [4.69, 9.17) is 4.42 Å². The Bertz CT molecular complexity index is 393. The van der Waals surface area contributed by atoms with Crippen molar-refractivity contribution in [2.75, 3.05) is 6.54 Å². The van der Waals surface area contributed by atoms with Gasteiger partial charge in [0.25, 0.3) is 0 Å². The Labute approximate surface area is 96.8 Å². The highest BCUT2D eigenvalue weighted by Gasteiger charge is 2.45. The molecular weight excluding hydrogens is 200 g/mol. The van der Waals surface area contributed by atoms with E-state index in [1.54, 1.807) is 0 Å². The van der Waals surface area contributed by atoms with Gasteiger partial charge in [0.2, 0.25) is 0 Å². The minimum Gasteiger partial charge on any atom is -0.444 e. The highest BCUT2D eigenvalue weighted by Crippen LogP contribution is 2.46. The van der Waals surface area contributed by atoms with E-state index in [1.807, 2.05) is 6.92 Å². The molecule has 0 radical (unpaired) electrons. The molecule has 0 unspecified atom stereocenters. The molecule has 1 aromatic rings. The molecule has 1 saturated carbocycles. The summed E-state index contributed by atoms with van der Waals surface area (Å²) in [4.78, 5) is 6.98. The van der Waals surface area contributed by atoms with E-state index in [2.05, 4.69) is 16.8 Å². The number of hydrogen-bond donors (Lipinski definition) is 0. The van der Waals surface area contributed by atoms with E-state index in [9.17, 15) is 0 Å². The van der Waals surface area contributed by atoms with Crippen LogP contribution >= 0.6 is 0 Å². The van der Waals surface area contributed by atoms with Crippen molar-refractivity contribution in [1.29, 1.82) is 0 Å². The van der Waals surface area contributed by atoms with Crippen molar-refractivity contribution in [1.82, 2.24) is 9.88 Å². The lowest BCUT2D eigenvalue weighted by Crippen LogP contribution is -2.48. The maximum absolute atomic E-state index is 5.69. The Balaban J connectivity index is 1.77. The summed E-state index contributed by atoms with van der Waals surface area (Å²) in [5, 5.41) is 0. The van der Waals surface area contributed by atoms with Crippen molar-refractivity contribution in [3.63, 3.8) is 0 Å². The summed E-state index contributed by atoms with van der Waals surface area (Å²) in [5.41, 5.74) is 1.60. The number of nitrogens with zero attached hydrogens (tertiary/aromatic N) is 2. The number of aryl methyl sites for hydroxylation is 2. The van der Waals surface area contributed by atoms with E-state index < -0.39 is 0 Å². The summed E-state index contributed by atoms with van der Waals surface area (Å²) in [6, 6.07) is 0. The first-order valence-corrected chi connectivity index (χ1v) is 6.38. The van der Waals surface area contributed by atoms with Crippen LogP contribution in [0.5, 0.6) is 0 Å². The van der Waals surface area contributed by atoms with Gasteiger partial charge in [-0.2, -0.15) is 0 Å². The largest absolute Gasteiger partial charge is 0.444 e. The van der Waals surface area contributed by atoms with Gasteiger partial charge in [0.15, 0.2) is 5.89 Å². The topological polar surface area (TPSA) is 29.3 Å². The van der Waals surface area contributed by atoms with E-state index in [-0.39, 0.29) is 0 Å². The zero-order valence-electron chi connectivity index (χ0n) is 10.3. The molecule has 1 saturated heterocycles. The van der Waals surface area contributed by atoms with E-state index in [1.165, 1.54) is 38.6 Å². The van der Waals surface area contributed by atoms with Crippen LogP contribution in [0.25, 0.3) is 0 Å². The molecule has 1 spiro atoms. The van der Waals surface area contributed by atoms with Gasteiger partial charge in [-0.1, -0.05) is 0 Å².